The fourth-order valence-electron chi connectivity index (χ4n) is 3.03. The van der Waals surface area contributed by atoms with E-state index in [2.05, 4.69) is 4.74 Å². The number of allylic oxidation sites excluding steroid dienone is 1. The zero-order chi connectivity index (χ0) is 24.7. The number of esters is 1. The summed E-state index contributed by atoms with van der Waals surface area (Å²) in [6.45, 7) is 0. The normalized spacial score (nSPS) is 10.7. The Morgan fingerprint density at radius 3 is 2.26 bits per heavy atom. The summed E-state index contributed by atoms with van der Waals surface area (Å²) in [4.78, 5) is 35.1. The second kappa shape index (κ2) is 10.6. The van der Waals surface area contributed by atoms with Gasteiger partial charge >= 0.3 is 11.7 Å². The molecule has 0 saturated carbocycles. The zero-order valence-corrected chi connectivity index (χ0v) is 18.2. The molecule has 0 aliphatic rings. The van der Waals surface area contributed by atoms with Gasteiger partial charge in [0.15, 0.2) is 11.5 Å². The number of rotatable bonds is 8. The van der Waals surface area contributed by atoms with Gasteiger partial charge in [-0.25, -0.2) is 4.79 Å². The summed E-state index contributed by atoms with van der Waals surface area (Å²) >= 11 is 0. The average molecular weight is 458 g/mol. The molecule has 0 radical (unpaired) electrons. The van der Waals surface area contributed by atoms with Crippen molar-refractivity contribution >= 4 is 23.5 Å². The van der Waals surface area contributed by atoms with Crippen LogP contribution in [-0.2, 0) is 4.74 Å². The van der Waals surface area contributed by atoms with Gasteiger partial charge in [0.2, 0.25) is 11.5 Å². The van der Waals surface area contributed by atoms with E-state index in [4.69, 9.17) is 9.47 Å². The molecule has 0 saturated heterocycles. The van der Waals surface area contributed by atoms with Crippen molar-refractivity contribution in [1.29, 1.82) is 5.26 Å². The summed E-state index contributed by atoms with van der Waals surface area (Å²) in [5.41, 5.74) is 0.358. The molecule has 0 N–H and O–H groups in total. The highest BCUT2D eigenvalue weighted by molar-refractivity contribution is 6.14. The van der Waals surface area contributed by atoms with Gasteiger partial charge in [-0.15, -0.1) is 0 Å². The number of hydrogen-bond donors (Lipinski definition) is 0. The number of nitrogens with zero attached hydrogens (tertiary/aromatic N) is 2. The van der Waals surface area contributed by atoms with Crippen LogP contribution in [0.3, 0.4) is 0 Å². The molecule has 3 rings (SSSR count). The van der Waals surface area contributed by atoms with Crippen LogP contribution in [0.2, 0.25) is 0 Å². The third-order valence-corrected chi connectivity index (χ3v) is 4.70. The number of nitriles is 1. The number of nitro groups is 1. The van der Waals surface area contributed by atoms with Crippen LogP contribution in [0.1, 0.15) is 26.3 Å². The predicted molar refractivity (Wildman–Crippen MR) is 122 cm³/mol. The first-order chi connectivity index (χ1) is 16.4. The SMILES string of the molecule is COC(=O)c1ccc(Oc2ccc(C=C(C#N)C(=O)c3ccccc3)cc2OC)c([N+](=O)[O-])c1. The van der Waals surface area contributed by atoms with Gasteiger partial charge in [-0.3, -0.25) is 14.9 Å². The Morgan fingerprint density at radius 2 is 1.65 bits per heavy atom. The Balaban J connectivity index is 1.94. The molecule has 34 heavy (non-hydrogen) atoms. The average Bonchev–Trinajstić information content (AvgIpc) is 2.87. The first-order valence-corrected chi connectivity index (χ1v) is 9.82. The number of nitro benzene ring substituents is 1. The van der Waals surface area contributed by atoms with Crippen molar-refractivity contribution in [3.05, 3.63) is 99.1 Å². The van der Waals surface area contributed by atoms with Crippen molar-refractivity contribution in [1.82, 2.24) is 0 Å². The summed E-state index contributed by atoms with van der Waals surface area (Å²) in [6, 6.07) is 18.6. The van der Waals surface area contributed by atoms with E-state index in [0.29, 0.717) is 11.1 Å². The molecular weight excluding hydrogens is 440 g/mol. The number of carbonyl (C=O) groups is 2. The lowest BCUT2D eigenvalue weighted by Crippen LogP contribution is -2.03. The Bertz CT molecular complexity index is 1320. The molecule has 0 spiro atoms. The van der Waals surface area contributed by atoms with Crippen LogP contribution >= 0.6 is 0 Å². The molecule has 0 aliphatic carbocycles. The van der Waals surface area contributed by atoms with Gasteiger partial charge in [-0.1, -0.05) is 36.4 Å². The van der Waals surface area contributed by atoms with Crippen molar-refractivity contribution < 1.29 is 28.7 Å². The van der Waals surface area contributed by atoms with Crippen LogP contribution in [0.25, 0.3) is 6.08 Å². The van der Waals surface area contributed by atoms with Gasteiger partial charge in [-0.05, 0) is 35.9 Å². The number of benzene rings is 3. The topological polar surface area (TPSA) is 129 Å². The fourth-order valence-corrected chi connectivity index (χ4v) is 3.03. The lowest BCUT2D eigenvalue weighted by Gasteiger charge is -2.12. The largest absolute Gasteiger partial charge is 0.493 e. The quantitative estimate of drug-likeness (QED) is 0.115. The number of Topliss-reactive ketones (excluding diaryl/α,β-unsaturated/α-hetero) is 1. The maximum Gasteiger partial charge on any atom is 0.338 e. The summed E-state index contributed by atoms with van der Waals surface area (Å²) < 4.78 is 15.6. The van der Waals surface area contributed by atoms with Gasteiger partial charge in [0, 0.05) is 11.6 Å². The molecule has 0 unspecified atom stereocenters. The molecule has 9 nitrogen and oxygen atoms in total. The van der Waals surface area contributed by atoms with E-state index < -0.39 is 22.4 Å². The van der Waals surface area contributed by atoms with E-state index in [9.17, 15) is 25.0 Å². The van der Waals surface area contributed by atoms with Crippen molar-refractivity contribution in [2.24, 2.45) is 0 Å². The van der Waals surface area contributed by atoms with E-state index in [1.165, 1.54) is 44.6 Å². The first-order valence-electron chi connectivity index (χ1n) is 9.82. The molecule has 0 heterocycles. The predicted octanol–water partition coefficient (Wildman–Crippen LogP) is 4.97. The lowest BCUT2D eigenvalue weighted by molar-refractivity contribution is -0.385. The third kappa shape index (κ3) is 5.26. The molecular formula is C25H18N2O7. The monoisotopic (exact) mass is 458 g/mol. The van der Waals surface area contributed by atoms with Crippen LogP contribution < -0.4 is 9.47 Å². The van der Waals surface area contributed by atoms with Crippen LogP contribution in [0, 0.1) is 21.4 Å². The first kappa shape index (κ1) is 23.7. The molecule has 170 valence electrons. The number of ketones is 1. The minimum atomic E-state index is -0.721. The van der Waals surface area contributed by atoms with Crippen LogP contribution in [0.5, 0.6) is 17.2 Å². The smallest absolute Gasteiger partial charge is 0.338 e. The second-order valence-corrected chi connectivity index (χ2v) is 6.81. The minimum Gasteiger partial charge on any atom is -0.493 e. The fraction of sp³-hybridized carbons (Fsp3) is 0.0800. The van der Waals surface area contributed by atoms with E-state index >= 15 is 0 Å². The van der Waals surface area contributed by atoms with Crippen molar-refractivity contribution in [3.8, 4) is 23.3 Å². The summed E-state index contributed by atoms with van der Waals surface area (Å²) in [5, 5.41) is 21.0. The zero-order valence-electron chi connectivity index (χ0n) is 18.2. The van der Waals surface area contributed by atoms with Gasteiger partial charge in [0.1, 0.15) is 11.6 Å². The molecule has 0 amide bonds. The summed E-state index contributed by atoms with van der Waals surface area (Å²) in [7, 11) is 2.55. The van der Waals surface area contributed by atoms with E-state index in [1.807, 2.05) is 6.07 Å². The molecule has 9 heteroatoms. The maximum atomic E-state index is 12.6. The van der Waals surface area contributed by atoms with Gasteiger partial charge in [0.05, 0.1) is 24.7 Å². The third-order valence-electron chi connectivity index (χ3n) is 4.70. The van der Waals surface area contributed by atoms with Crippen LogP contribution in [0.15, 0.2) is 72.3 Å². The number of ether oxygens (including phenoxy) is 3. The molecule has 3 aromatic rings. The molecule has 0 bridgehead atoms. The molecule has 0 fully saturated rings. The number of carbonyl (C=O) groups excluding carboxylic acids is 2. The van der Waals surface area contributed by atoms with Crippen molar-refractivity contribution in [2.45, 2.75) is 0 Å². The Labute approximate surface area is 194 Å². The Kier molecular flexibility index (Phi) is 7.36. The molecule has 0 atom stereocenters. The minimum absolute atomic E-state index is 0.00103. The molecule has 0 aromatic heterocycles. The second-order valence-electron chi connectivity index (χ2n) is 6.81. The number of methoxy groups -OCH3 is 2. The highest BCUT2D eigenvalue weighted by Gasteiger charge is 2.21. The maximum absolute atomic E-state index is 12.6. The van der Waals surface area contributed by atoms with Gasteiger partial charge < -0.3 is 14.2 Å². The van der Waals surface area contributed by atoms with Gasteiger partial charge in [-0.2, -0.15) is 5.26 Å². The van der Waals surface area contributed by atoms with E-state index in [1.54, 1.807) is 36.4 Å². The van der Waals surface area contributed by atoms with E-state index in [0.717, 1.165) is 6.07 Å². The number of hydrogen-bond acceptors (Lipinski definition) is 8. The standard InChI is InChI=1S/C25H18N2O7/c1-32-23-13-16(12-19(15-26)24(28)17-6-4-3-5-7-17)8-10-22(23)34-21-11-9-18(25(29)33-2)14-20(21)27(30)31/h3-14H,1-2H3. The van der Waals surface area contributed by atoms with Crippen LogP contribution in [0.4, 0.5) is 5.69 Å². The Hall–Kier alpha value is -4.97. The lowest BCUT2D eigenvalue weighted by atomic mass is 10.0. The van der Waals surface area contributed by atoms with Gasteiger partial charge in [0.25, 0.3) is 0 Å². The molecule has 3 aromatic carbocycles. The highest BCUT2D eigenvalue weighted by Crippen LogP contribution is 2.37. The molecule has 0 aliphatic heterocycles. The summed E-state index contributed by atoms with van der Waals surface area (Å²) in [6.07, 6.45) is 1.41. The van der Waals surface area contributed by atoms with Crippen molar-refractivity contribution in [2.75, 3.05) is 14.2 Å². The van der Waals surface area contributed by atoms with Crippen LogP contribution in [-0.4, -0.2) is 30.9 Å². The Morgan fingerprint density at radius 1 is 0.941 bits per heavy atom. The van der Waals surface area contributed by atoms with Crippen molar-refractivity contribution in [3.63, 3.8) is 0 Å². The van der Waals surface area contributed by atoms with E-state index in [-0.39, 0.29) is 28.4 Å². The summed E-state index contributed by atoms with van der Waals surface area (Å²) in [5.74, 6) is -0.896. The highest BCUT2D eigenvalue weighted by atomic mass is 16.6.